The van der Waals surface area contributed by atoms with Gasteiger partial charge < -0.3 is 0 Å². The summed E-state index contributed by atoms with van der Waals surface area (Å²) in [4.78, 5) is 4.18. The zero-order chi connectivity index (χ0) is 10.1. The van der Waals surface area contributed by atoms with Crippen LogP contribution in [0, 0.1) is 11.3 Å². The first kappa shape index (κ1) is 10.0. The monoisotopic (exact) mass is 194 g/mol. The molecule has 0 radical (unpaired) electrons. The van der Waals surface area contributed by atoms with E-state index in [1.807, 2.05) is 26.8 Å². The molecular weight excluding hydrogens is 184 g/mol. The van der Waals surface area contributed by atoms with E-state index < -0.39 is 0 Å². The van der Waals surface area contributed by atoms with Crippen molar-refractivity contribution >= 4 is 11.6 Å². The Hall–Kier alpha value is -1.07. The molecule has 0 atom stereocenters. The first-order valence-corrected chi connectivity index (χ1v) is 4.39. The van der Waals surface area contributed by atoms with Crippen LogP contribution in [0.2, 0.25) is 5.02 Å². The highest BCUT2D eigenvalue weighted by Crippen LogP contribution is 2.23. The third-order valence-electron chi connectivity index (χ3n) is 1.74. The summed E-state index contributed by atoms with van der Waals surface area (Å²) in [6.45, 7) is 6.14. The van der Waals surface area contributed by atoms with E-state index >= 15 is 0 Å². The van der Waals surface area contributed by atoms with Crippen molar-refractivity contribution in [3.63, 3.8) is 0 Å². The molecule has 0 aliphatic heterocycles. The van der Waals surface area contributed by atoms with Crippen molar-refractivity contribution in [3.05, 3.63) is 28.5 Å². The van der Waals surface area contributed by atoms with Gasteiger partial charge in [0.25, 0.3) is 0 Å². The molecule has 0 bridgehead atoms. The molecule has 0 spiro atoms. The van der Waals surface area contributed by atoms with E-state index in [-0.39, 0.29) is 5.41 Å². The van der Waals surface area contributed by atoms with Gasteiger partial charge in [-0.05, 0) is 6.07 Å². The van der Waals surface area contributed by atoms with Gasteiger partial charge in [-0.25, -0.2) is 0 Å². The summed E-state index contributed by atoms with van der Waals surface area (Å²) in [7, 11) is 0. The van der Waals surface area contributed by atoms with Gasteiger partial charge in [-0.3, -0.25) is 4.98 Å². The van der Waals surface area contributed by atoms with Crippen molar-refractivity contribution in [2.75, 3.05) is 0 Å². The normalized spacial score (nSPS) is 11.0. The van der Waals surface area contributed by atoms with Crippen LogP contribution in [-0.2, 0) is 5.41 Å². The maximum absolute atomic E-state index is 8.75. The lowest BCUT2D eigenvalue weighted by molar-refractivity contribution is 0.569. The van der Waals surface area contributed by atoms with Crippen LogP contribution in [-0.4, -0.2) is 4.98 Å². The average Bonchev–Trinajstić information content (AvgIpc) is 2.03. The molecule has 1 rings (SSSR count). The molecule has 0 N–H and O–H groups in total. The van der Waals surface area contributed by atoms with E-state index in [4.69, 9.17) is 16.9 Å². The molecular formula is C10H11ClN2. The zero-order valence-electron chi connectivity index (χ0n) is 7.93. The fraction of sp³-hybridized carbons (Fsp3) is 0.400. The van der Waals surface area contributed by atoms with Crippen LogP contribution >= 0.6 is 11.6 Å². The minimum absolute atomic E-state index is 0.0454. The van der Waals surface area contributed by atoms with Gasteiger partial charge in [-0.1, -0.05) is 32.4 Å². The van der Waals surface area contributed by atoms with Crippen molar-refractivity contribution in [1.29, 1.82) is 5.26 Å². The smallest absolute Gasteiger partial charge is 0.101 e. The van der Waals surface area contributed by atoms with Crippen LogP contribution in [0.4, 0.5) is 0 Å². The second-order valence-electron chi connectivity index (χ2n) is 3.91. The molecule has 2 nitrogen and oxygen atoms in total. The second kappa shape index (κ2) is 3.35. The summed E-state index contributed by atoms with van der Waals surface area (Å²) in [6, 6.07) is 3.77. The zero-order valence-corrected chi connectivity index (χ0v) is 8.68. The Kier molecular flexibility index (Phi) is 2.58. The van der Waals surface area contributed by atoms with E-state index in [9.17, 15) is 0 Å². The molecule has 1 aromatic heterocycles. The van der Waals surface area contributed by atoms with Crippen molar-refractivity contribution < 1.29 is 0 Å². The summed E-state index contributed by atoms with van der Waals surface area (Å²) in [5.41, 5.74) is 1.32. The lowest BCUT2D eigenvalue weighted by Crippen LogP contribution is -2.13. The molecule has 0 aliphatic carbocycles. The van der Waals surface area contributed by atoms with Gasteiger partial charge in [0.05, 0.1) is 10.6 Å². The molecule has 3 heteroatoms. The minimum atomic E-state index is -0.0454. The summed E-state index contributed by atoms with van der Waals surface area (Å²) < 4.78 is 0. The largest absolute Gasteiger partial charge is 0.259 e. The van der Waals surface area contributed by atoms with E-state index in [1.165, 1.54) is 6.20 Å². The van der Waals surface area contributed by atoms with E-state index in [0.29, 0.717) is 10.6 Å². The highest BCUT2D eigenvalue weighted by atomic mass is 35.5. The topological polar surface area (TPSA) is 36.7 Å². The number of nitrogens with zero attached hydrogens (tertiary/aromatic N) is 2. The first-order chi connectivity index (χ1) is 5.95. The number of hydrogen-bond acceptors (Lipinski definition) is 2. The summed E-state index contributed by atoms with van der Waals surface area (Å²) in [6.07, 6.45) is 1.53. The van der Waals surface area contributed by atoms with Crippen LogP contribution in [0.5, 0.6) is 0 Å². The molecule has 0 aromatic carbocycles. The SMILES string of the molecule is CC(C)(C)c1cc(C#N)c(Cl)cn1. The maximum Gasteiger partial charge on any atom is 0.101 e. The third kappa shape index (κ3) is 2.19. The van der Waals surface area contributed by atoms with Gasteiger partial charge in [-0.15, -0.1) is 0 Å². The van der Waals surface area contributed by atoms with Crippen LogP contribution in [0.15, 0.2) is 12.3 Å². The van der Waals surface area contributed by atoms with Gasteiger partial charge >= 0.3 is 0 Å². The lowest BCUT2D eigenvalue weighted by atomic mass is 9.91. The summed E-state index contributed by atoms with van der Waals surface area (Å²) >= 11 is 5.76. The van der Waals surface area contributed by atoms with Crippen molar-refractivity contribution in [1.82, 2.24) is 4.98 Å². The molecule has 0 aliphatic rings. The van der Waals surface area contributed by atoms with E-state index in [1.54, 1.807) is 6.07 Å². The quantitative estimate of drug-likeness (QED) is 0.637. The van der Waals surface area contributed by atoms with Gasteiger partial charge in [-0.2, -0.15) is 5.26 Å². The van der Waals surface area contributed by atoms with Crippen molar-refractivity contribution in [2.24, 2.45) is 0 Å². The number of nitriles is 1. The highest BCUT2D eigenvalue weighted by molar-refractivity contribution is 6.31. The van der Waals surface area contributed by atoms with Gasteiger partial charge in [0.1, 0.15) is 6.07 Å². The minimum Gasteiger partial charge on any atom is -0.259 e. The van der Waals surface area contributed by atoms with Crippen LogP contribution < -0.4 is 0 Å². The van der Waals surface area contributed by atoms with Crippen LogP contribution in [0.25, 0.3) is 0 Å². The number of pyridine rings is 1. The fourth-order valence-electron chi connectivity index (χ4n) is 0.935. The molecule has 0 saturated carbocycles. The third-order valence-corrected chi connectivity index (χ3v) is 2.05. The van der Waals surface area contributed by atoms with Gasteiger partial charge in [0.15, 0.2) is 0 Å². The Labute approximate surface area is 83.2 Å². The second-order valence-corrected chi connectivity index (χ2v) is 4.32. The van der Waals surface area contributed by atoms with Gasteiger partial charge in [0, 0.05) is 17.3 Å². The Morgan fingerprint density at radius 1 is 1.46 bits per heavy atom. The predicted octanol–water partition coefficient (Wildman–Crippen LogP) is 2.90. The number of halogens is 1. The highest BCUT2D eigenvalue weighted by Gasteiger charge is 2.16. The fourth-order valence-corrected chi connectivity index (χ4v) is 1.08. The predicted molar refractivity (Wildman–Crippen MR) is 52.7 cm³/mol. The van der Waals surface area contributed by atoms with E-state index in [2.05, 4.69) is 4.98 Å². The number of aromatic nitrogens is 1. The van der Waals surface area contributed by atoms with Crippen LogP contribution in [0.3, 0.4) is 0 Å². The molecule has 0 saturated heterocycles. The average molecular weight is 195 g/mol. The summed E-state index contributed by atoms with van der Waals surface area (Å²) in [5, 5.41) is 9.16. The Bertz CT molecular complexity index is 358. The molecule has 1 heterocycles. The van der Waals surface area contributed by atoms with Crippen molar-refractivity contribution in [3.8, 4) is 6.07 Å². The van der Waals surface area contributed by atoms with Crippen LogP contribution in [0.1, 0.15) is 32.0 Å². The van der Waals surface area contributed by atoms with Crippen molar-refractivity contribution in [2.45, 2.75) is 26.2 Å². The standard InChI is InChI=1S/C10H11ClN2/c1-10(2,3)9-4-7(5-12)8(11)6-13-9/h4,6H,1-3H3. The number of rotatable bonds is 0. The first-order valence-electron chi connectivity index (χ1n) is 4.01. The Morgan fingerprint density at radius 3 is 2.54 bits per heavy atom. The molecule has 0 fully saturated rings. The lowest BCUT2D eigenvalue weighted by Gasteiger charge is -2.17. The number of hydrogen-bond donors (Lipinski definition) is 0. The van der Waals surface area contributed by atoms with Gasteiger partial charge in [0.2, 0.25) is 0 Å². The molecule has 68 valence electrons. The maximum atomic E-state index is 8.75. The summed E-state index contributed by atoms with van der Waals surface area (Å²) in [5.74, 6) is 0. The molecule has 0 amide bonds. The Balaban J connectivity index is 3.24. The van der Waals surface area contributed by atoms with E-state index in [0.717, 1.165) is 5.69 Å². The molecule has 0 unspecified atom stereocenters. The molecule has 13 heavy (non-hydrogen) atoms. The molecule has 1 aromatic rings. The Morgan fingerprint density at radius 2 is 2.08 bits per heavy atom.